The summed E-state index contributed by atoms with van der Waals surface area (Å²) in [6.45, 7) is 6.43. The normalized spacial score (nSPS) is 19.9. The average molecular weight is 283 g/mol. The Balaban J connectivity index is 2.01. The van der Waals surface area contributed by atoms with Gasteiger partial charge in [-0.1, -0.05) is 29.8 Å². The van der Waals surface area contributed by atoms with Crippen LogP contribution in [0.5, 0.6) is 0 Å². The molecule has 0 amide bonds. The van der Waals surface area contributed by atoms with Gasteiger partial charge in [0.15, 0.2) is 0 Å². The van der Waals surface area contributed by atoms with E-state index < -0.39 is 0 Å². The van der Waals surface area contributed by atoms with E-state index in [0.717, 1.165) is 24.7 Å². The molecule has 1 aromatic carbocycles. The lowest BCUT2D eigenvalue weighted by molar-refractivity contribution is -0.670. The number of halogens is 1. The molecule has 0 radical (unpaired) electrons. The topological polar surface area (TPSA) is 31.9 Å². The van der Waals surface area contributed by atoms with Gasteiger partial charge in [-0.2, -0.15) is 0 Å². The molecule has 0 unspecified atom stereocenters. The van der Waals surface area contributed by atoms with Crippen molar-refractivity contribution in [3.05, 3.63) is 34.3 Å². The van der Waals surface area contributed by atoms with Gasteiger partial charge in [0.2, 0.25) is 0 Å². The highest BCUT2D eigenvalue weighted by atomic mass is 35.5. The standard InChI is InChI=1S/C15H24ClN3/c1-19-9-3-7-17-11-13-5-2-6-14(15(13)16)12-18-8-4-10-19/h2,5-6,17-18H,3-4,7-12H2,1H3/p+1. The maximum absolute atomic E-state index is 6.47. The molecule has 0 atom stereocenters. The summed E-state index contributed by atoms with van der Waals surface area (Å²) in [5.74, 6) is 0. The molecule has 0 spiro atoms. The van der Waals surface area contributed by atoms with Crippen LogP contribution in [-0.2, 0) is 13.1 Å². The first-order valence-electron chi connectivity index (χ1n) is 7.24. The minimum Gasteiger partial charge on any atom is -0.342 e. The van der Waals surface area contributed by atoms with Crippen molar-refractivity contribution in [2.75, 3.05) is 33.2 Å². The van der Waals surface area contributed by atoms with Gasteiger partial charge in [0.1, 0.15) is 6.54 Å². The molecule has 0 aliphatic carbocycles. The summed E-state index contributed by atoms with van der Waals surface area (Å²) in [6.07, 6.45) is 2.43. The summed E-state index contributed by atoms with van der Waals surface area (Å²) in [5, 5.41) is 6.79. The van der Waals surface area contributed by atoms with E-state index in [1.165, 1.54) is 43.6 Å². The van der Waals surface area contributed by atoms with Gasteiger partial charge in [0.05, 0.1) is 11.6 Å². The first-order valence-corrected chi connectivity index (χ1v) is 7.62. The van der Waals surface area contributed by atoms with Crippen LogP contribution in [0.2, 0.25) is 5.02 Å². The van der Waals surface area contributed by atoms with Crippen molar-refractivity contribution in [2.24, 2.45) is 0 Å². The second-order valence-electron chi connectivity index (χ2n) is 5.36. The molecule has 0 saturated heterocycles. The maximum Gasteiger partial charge on any atom is 0.103 e. The van der Waals surface area contributed by atoms with E-state index in [1.807, 2.05) is 0 Å². The molecule has 0 saturated carbocycles. The number of quaternary nitrogens is 1. The monoisotopic (exact) mass is 282 g/mol. The average Bonchev–Trinajstić information content (AvgIpc) is 2.40. The molecular weight excluding hydrogens is 258 g/mol. The molecule has 3 nitrogen and oxygen atoms in total. The van der Waals surface area contributed by atoms with Gasteiger partial charge in [0, 0.05) is 25.1 Å². The van der Waals surface area contributed by atoms with Crippen LogP contribution in [0.4, 0.5) is 0 Å². The fourth-order valence-electron chi connectivity index (χ4n) is 2.50. The molecule has 2 bridgehead atoms. The van der Waals surface area contributed by atoms with Crippen molar-refractivity contribution < 1.29 is 5.32 Å². The fraction of sp³-hybridized carbons (Fsp3) is 0.600. The minimum absolute atomic E-state index is 0.871. The molecule has 1 aliphatic heterocycles. The van der Waals surface area contributed by atoms with Crippen LogP contribution in [-0.4, -0.2) is 38.1 Å². The summed E-state index contributed by atoms with van der Waals surface area (Å²) in [7, 11) is 2.21. The number of fused-ring (bicyclic) bond motifs is 2. The number of nitrogens with two attached hydrogens (primary N) is 1. The van der Waals surface area contributed by atoms with Crippen molar-refractivity contribution in [3.63, 3.8) is 0 Å². The minimum atomic E-state index is 0.871. The first kappa shape index (κ1) is 14.8. The molecule has 3 N–H and O–H groups in total. The van der Waals surface area contributed by atoms with E-state index in [2.05, 4.69) is 40.8 Å². The Bertz CT molecular complexity index is 363. The molecule has 2 rings (SSSR count). The predicted molar refractivity (Wildman–Crippen MR) is 80.4 cm³/mol. The van der Waals surface area contributed by atoms with E-state index in [1.54, 1.807) is 0 Å². The highest BCUT2D eigenvalue weighted by Crippen LogP contribution is 2.20. The quantitative estimate of drug-likeness (QED) is 0.750. The first-order chi connectivity index (χ1) is 9.27. The molecule has 106 valence electrons. The maximum atomic E-state index is 6.47. The van der Waals surface area contributed by atoms with Gasteiger partial charge in [-0.05, 0) is 32.1 Å². The summed E-state index contributed by atoms with van der Waals surface area (Å²) in [6, 6.07) is 6.38. The van der Waals surface area contributed by atoms with Crippen LogP contribution in [0.25, 0.3) is 0 Å². The van der Waals surface area contributed by atoms with Crippen molar-refractivity contribution >= 4 is 11.6 Å². The number of hydrogen-bond donors (Lipinski definition) is 2. The van der Waals surface area contributed by atoms with Gasteiger partial charge in [-0.25, -0.2) is 0 Å². The van der Waals surface area contributed by atoms with E-state index in [4.69, 9.17) is 11.6 Å². The van der Waals surface area contributed by atoms with Crippen molar-refractivity contribution in [1.82, 2.24) is 10.2 Å². The number of nitrogens with one attached hydrogen (secondary N) is 1. The van der Waals surface area contributed by atoms with Crippen LogP contribution >= 0.6 is 11.6 Å². The molecule has 1 aliphatic rings. The summed E-state index contributed by atoms with van der Waals surface area (Å²) in [5.41, 5.74) is 2.48. The second kappa shape index (κ2) is 7.85. The summed E-state index contributed by atoms with van der Waals surface area (Å²) < 4.78 is 0. The highest BCUT2D eigenvalue weighted by molar-refractivity contribution is 6.32. The zero-order valence-corrected chi connectivity index (χ0v) is 12.5. The fourth-order valence-corrected chi connectivity index (χ4v) is 2.77. The van der Waals surface area contributed by atoms with Crippen molar-refractivity contribution in [2.45, 2.75) is 25.9 Å². The Hall–Kier alpha value is -0.610. The summed E-state index contributed by atoms with van der Waals surface area (Å²) in [4.78, 5) is 2.42. The van der Waals surface area contributed by atoms with Gasteiger partial charge >= 0.3 is 0 Å². The third-order valence-electron chi connectivity index (χ3n) is 3.68. The predicted octanol–water partition coefficient (Wildman–Crippen LogP) is 1.22. The third kappa shape index (κ3) is 4.77. The number of hydrogen-bond acceptors (Lipinski definition) is 2. The van der Waals surface area contributed by atoms with E-state index in [9.17, 15) is 0 Å². The number of benzene rings is 1. The van der Waals surface area contributed by atoms with Gasteiger partial charge in [0.25, 0.3) is 0 Å². The lowest BCUT2D eigenvalue weighted by atomic mass is 10.1. The van der Waals surface area contributed by atoms with Gasteiger partial charge in [-0.15, -0.1) is 0 Å². The molecule has 0 fully saturated rings. The molecule has 4 heteroatoms. The van der Waals surface area contributed by atoms with Crippen molar-refractivity contribution in [1.29, 1.82) is 0 Å². The Morgan fingerprint density at radius 2 is 2.00 bits per heavy atom. The van der Waals surface area contributed by atoms with Crippen LogP contribution < -0.4 is 10.6 Å². The molecule has 0 aromatic heterocycles. The second-order valence-corrected chi connectivity index (χ2v) is 5.74. The lowest BCUT2D eigenvalue weighted by Crippen LogP contribution is -2.82. The zero-order chi connectivity index (χ0) is 13.5. The molecular formula is C15H25ClN3+. The molecule has 1 aromatic rings. The molecule has 1 heterocycles. The van der Waals surface area contributed by atoms with E-state index in [0.29, 0.717) is 0 Å². The highest BCUT2D eigenvalue weighted by Gasteiger charge is 2.08. The smallest absolute Gasteiger partial charge is 0.103 e. The Morgan fingerprint density at radius 3 is 2.89 bits per heavy atom. The van der Waals surface area contributed by atoms with Gasteiger partial charge in [-0.3, -0.25) is 0 Å². The third-order valence-corrected chi connectivity index (χ3v) is 4.17. The van der Waals surface area contributed by atoms with Crippen LogP contribution in [0, 0.1) is 0 Å². The van der Waals surface area contributed by atoms with Crippen LogP contribution in [0.3, 0.4) is 0 Å². The SMILES string of the molecule is CN1CCCNCc2cccc(c2Cl)C[NH2+]CCC1. The van der Waals surface area contributed by atoms with Crippen LogP contribution in [0.1, 0.15) is 24.0 Å². The Morgan fingerprint density at radius 1 is 1.21 bits per heavy atom. The Kier molecular flexibility index (Phi) is 6.11. The Labute approximate surface area is 121 Å². The number of rotatable bonds is 0. The van der Waals surface area contributed by atoms with E-state index in [-0.39, 0.29) is 0 Å². The largest absolute Gasteiger partial charge is 0.342 e. The summed E-state index contributed by atoms with van der Waals surface area (Å²) >= 11 is 6.47. The number of nitrogens with zero attached hydrogens (tertiary/aromatic N) is 1. The van der Waals surface area contributed by atoms with Crippen molar-refractivity contribution in [3.8, 4) is 0 Å². The van der Waals surface area contributed by atoms with Crippen LogP contribution in [0.15, 0.2) is 18.2 Å². The zero-order valence-electron chi connectivity index (χ0n) is 11.8. The lowest BCUT2D eigenvalue weighted by Gasteiger charge is -2.17. The van der Waals surface area contributed by atoms with Gasteiger partial charge < -0.3 is 15.5 Å². The molecule has 19 heavy (non-hydrogen) atoms. The van der Waals surface area contributed by atoms with E-state index >= 15 is 0 Å².